The fourth-order valence-corrected chi connectivity index (χ4v) is 3.54. The lowest BCUT2D eigenvalue weighted by molar-refractivity contribution is 0.0736. The van der Waals surface area contributed by atoms with Gasteiger partial charge in [-0.25, -0.2) is 0 Å². The van der Waals surface area contributed by atoms with Crippen molar-refractivity contribution < 1.29 is 14.7 Å². The van der Waals surface area contributed by atoms with Gasteiger partial charge in [0.05, 0.1) is 12.6 Å². The monoisotopic (exact) mass is 404 g/mol. The average molecular weight is 404 g/mol. The average Bonchev–Trinajstić information content (AvgIpc) is 3.14. The van der Waals surface area contributed by atoms with Gasteiger partial charge in [-0.15, -0.1) is 0 Å². The van der Waals surface area contributed by atoms with Crippen LogP contribution >= 0.6 is 0 Å². The third-order valence-corrected chi connectivity index (χ3v) is 5.13. The summed E-state index contributed by atoms with van der Waals surface area (Å²) < 4.78 is 1.41. The van der Waals surface area contributed by atoms with E-state index in [2.05, 4.69) is 10.4 Å². The SMILES string of the molecule is O=C1NCC(O)Cn2nc(C(=O)N(CCc3ccccc3)Cc3ccccc3)cc21. The van der Waals surface area contributed by atoms with Crippen molar-refractivity contribution in [2.24, 2.45) is 0 Å². The number of fused-ring (bicyclic) bond motifs is 1. The first-order chi connectivity index (χ1) is 14.6. The van der Waals surface area contributed by atoms with Crippen LogP contribution < -0.4 is 5.32 Å². The first kappa shape index (κ1) is 19.8. The Morgan fingerprint density at radius 3 is 2.47 bits per heavy atom. The molecule has 4 rings (SSSR count). The van der Waals surface area contributed by atoms with E-state index in [1.807, 2.05) is 60.7 Å². The van der Waals surface area contributed by atoms with Gasteiger partial charge < -0.3 is 15.3 Å². The molecule has 1 aliphatic rings. The Hall–Kier alpha value is -3.45. The zero-order valence-electron chi connectivity index (χ0n) is 16.6. The van der Waals surface area contributed by atoms with Crippen molar-refractivity contribution in [3.63, 3.8) is 0 Å². The number of aliphatic hydroxyl groups is 1. The second kappa shape index (κ2) is 8.92. The molecule has 2 heterocycles. The van der Waals surface area contributed by atoms with Gasteiger partial charge in [-0.3, -0.25) is 14.3 Å². The molecule has 0 aliphatic carbocycles. The molecule has 7 heteroatoms. The zero-order chi connectivity index (χ0) is 20.9. The number of aliphatic hydroxyl groups excluding tert-OH is 1. The fourth-order valence-electron chi connectivity index (χ4n) is 3.54. The highest BCUT2D eigenvalue weighted by molar-refractivity contribution is 5.98. The summed E-state index contributed by atoms with van der Waals surface area (Å²) in [6, 6.07) is 21.3. The number of benzene rings is 2. The van der Waals surface area contributed by atoms with Gasteiger partial charge in [0.15, 0.2) is 5.69 Å². The lowest BCUT2D eigenvalue weighted by atomic mass is 10.1. The Labute approximate surface area is 174 Å². The van der Waals surface area contributed by atoms with Crippen molar-refractivity contribution >= 4 is 11.8 Å². The molecule has 1 aliphatic heterocycles. The van der Waals surface area contributed by atoms with Crippen molar-refractivity contribution in [2.45, 2.75) is 25.6 Å². The lowest BCUT2D eigenvalue weighted by Gasteiger charge is -2.22. The Bertz CT molecular complexity index is 1020. The first-order valence-corrected chi connectivity index (χ1v) is 10.0. The maximum Gasteiger partial charge on any atom is 0.274 e. The van der Waals surface area contributed by atoms with Gasteiger partial charge in [-0.05, 0) is 17.5 Å². The van der Waals surface area contributed by atoms with Crippen molar-refractivity contribution in [2.75, 3.05) is 13.1 Å². The van der Waals surface area contributed by atoms with Gasteiger partial charge >= 0.3 is 0 Å². The van der Waals surface area contributed by atoms with E-state index in [-0.39, 0.29) is 36.3 Å². The van der Waals surface area contributed by atoms with E-state index in [4.69, 9.17) is 0 Å². The minimum Gasteiger partial charge on any atom is -0.389 e. The largest absolute Gasteiger partial charge is 0.389 e. The molecule has 2 amide bonds. The van der Waals surface area contributed by atoms with Crippen molar-refractivity contribution in [1.82, 2.24) is 20.0 Å². The van der Waals surface area contributed by atoms with Crippen LogP contribution in [0, 0.1) is 0 Å². The van der Waals surface area contributed by atoms with E-state index in [0.717, 1.165) is 11.1 Å². The Morgan fingerprint density at radius 2 is 1.77 bits per heavy atom. The highest BCUT2D eigenvalue weighted by Crippen LogP contribution is 2.14. The van der Waals surface area contributed by atoms with E-state index in [1.165, 1.54) is 10.7 Å². The maximum absolute atomic E-state index is 13.3. The van der Waals surface area contributed by atoms with Crippen LogP contribution in [0.5, 0.6) is 0 Å². The minimum absolute atomic E-state index is 0.169. The molecule has 1 atom stereocenters. The van der Waals surface area contributed by atoms with Crippen LogP contribution in [0.25, 0.3) is 0 Å². The predicted molar refractivity (Wildman–Crippen MR) is 112 cm³/mol. The molecular formula is C23H24N4O3. The maximum atomic E-state index is 13.3. The topological polar surface area (TPSA) is 87.5 Å². The van der Waals surface area contributed by atoms with Crippen molar-refractivity contribution in [3.05, 3.63) is 89.2 Å². The number of carbonyl (C=O) groups is 2. The summed E-state index contributed by atoms with van der Waals surface area (Å²) in [5, 5.41) is 16.9. The third kappa shape index (κ3) is 4.58. The smallest absolute Gasteiger partial charge is 0.274 e. The number of nitrogens with one attached hydrogen (secondary N) is 1. The fraction of sp³-hybridized carbons (Fsp3) is 0.261. The molecule has 3 aromatic rings. The van der Waals surface area contributed by atoms with Gasteiger partial charge in [0.2, 0.25) is 0 Å². The Kier molecular flexibility index (Phi) is 5.90. The van der Waals surface area contributed by atoms with Gasteiger partial charge in [-0.1, -0.05) is 60.7 Å². The number of amides is 2. The molecule has 0 saturated heterocycles. The predicted octanol–water partition coefficient (Wildman–Crippen LogP) is 1.87. The summed E-state index contributed by atoms with van der Waals surface area (Å²) in [5.41, 5.74) is 2.66. The molecule has 0 bridgehead atoms. The number of hydrogen-bond donors (Lipinski definition) is 2. The van der Waals surface area contributed by atoms with Crippen LogP contribution in [0.15, 0.2) is 66.7 Å². The molecule has 0 saturated carbocycles. The van der Waals surface area contributed by atoms with Gasteiger partial charge in [0, 0.05) is 25.7 Å². The molecule has 1 unspecified atom stereocenters. The van der Waals surface area contributed by atoms with Gasteiger partial charge in [0.1, 0.15) is 5.69 Å². The first-order valence-electron chi connectivity index (χ1n) is 10.0. The summed E-state index contributed by atoms with van der Waals surface area (Å²) in [6.45, 7) is 1.31. The molecule has 0 fully saturated rings. The van der Waals surface area contributed by atoms with E-state index < -0.39 is 6.10 Å². The summed E-state index contributed by atoms with van der Waals surface area (Å²) in [4.78, 5) is 27.3. The standard InChI is InChI=1S/C23H24N4O3/c28-19-14-24-22(29)21-13-20(25-27(21)16-19)23(30)26(15-18-9-5-2-6-10-18)12-11-17-7-3-1-4-8-17/h1-10,13,19,28H,11-12,14-16H2,(H,24,29). The van der Waals surface area contributed by atoms with E-state index >= 15 is 0 Å². The lowest BCUT2D eigenvalue weighted by Crippen LogP contribution is -2.33. The number of aromatic nitrogens is 2. The number of β-amino-alcohol motifs (C(OH)–C–C–N with tert-alkyl or cyclic N) is 1. The summed E-state index contributed by atoms with van der Waals surface area (Å²) in [6.07, 6.45) is -0.0248. The van der Waals surface area contributed by atoms with Crippen LogP contribution in [-0.4, -0.2) is 50.8 Å². The van der Waals surface area contributed by atoms with Gasteiger partial charge in [-0.2, -0.15) is 5.10 Å². The van der Waals surface area contributed by atoms with Crippen LogP contribution in [0.2, 0.25) is 0 Å². The molecule has 30 heavy (non-hydrogen) atoms. The van der Waals surface area contributed by atoms with Crippen LogP contribution in [0.3, 0.4) is 0 Å². The number of hydrogen-bond acceptors (Lipinski definition) is 4. The normalized spacial score (nSPS) is 15.8. The van der Waals surface area contributed by atoms with E-state index in [1.54, 1.807) is 4.90 Å². The Balaban J connectivity index is 1.58. The molecule has 1 aromatic heterocycles. The van der Waals surface area contributed by atoms with Crippen molar-refractivity contribution in [1.29, 1.82) is 0 Å². The van der Waals surface area contributed by atoms with Crippen LogP contribution in [0.1, 0.15) is 32.1 Å². The van der Waals surface area contributed by atoms with Gasteiger partial charge in [0.25, 0.3) is 11.8 Å². The van der Waals surface area contributed by atoms with E-state index in [9.17, 15) is 14.7 Å². The third-order valence-electron chi connectivity index (χ3n) is 5.13. The molecular weight excluding hydrogens is 380 g/mol. The quantitative estimate of drug-likeness (QED) is 0.657. The van der Waals surface area contributed by atoms with Crippen molar-refractivity contribution in [3.8, 4) is 0 Å². The molecule has 0 radical (unpaired) electrons. The molecule has 0 spiro atoms. The van der Waals surface area contributed by atoms with Crippen LogP contribution in [-0.2, 0) is 19.5 Å². The number of nitrogens with zero attached hydrogens (tertiary/aromatic N) is 3. The second-order valence-electron chi connectivity index (χ2n) is 7.41. The number of rotatable bonds is 6. The number of carbonyl (C=O) groups excluding carboxylic acids is 2. The minimum atomic E-state index is -0.739. The Morgan fingerprint density at radius 1 is 1.10 bits per heavy atom. The molecule has 2 aromatic carbocycles. The van der Waals surface area contributed by atoms with Crippen LogP contribution in [0.4, 0.5) is 0 Å². The summed E-state index contributed by atoms with van der Waals surface area (Å²) in [5.74, 6) is -0.574. The molecule has 154 valence electrons. The molecule has 7 nitrogen and oxygen atoms in total. The highest BCUT2D eigenvalue weighted by atomic mass is 16.3. The molecule has 2 N–H and O–H groups in total. The summed E-state index contributed by atoms with van der Waals surface area (Å²) in [7, 11) is 0. The zero-order valence-corrected chi connectivity index (χ0v) is 16.6. The van der Waals surface area contributed by atoms with E-state index in [0.29, 0.717) is 19.5 Å². The second-order valence-corrected chi connectivity index (χ2v) is 7.41. The summed E-state index contributed by atoms with van der Waals surface area (Å²) >= 11 is 0. The highest BCUT2D eigenvalue weighted by Gasteiger charge is 2.26.